The summed E-state index contributed by atoms with van der Waals surface area (Å²) in [5.74, 6) is 0. The molecule has 0 aliphatic carbocycles. The van der Waals surface area contributed by atoms with Gasteiger partial charge in [0.05, 0.1) is 16.8 Å². The third-order valence-corrected chi connectivity index (χ3v) is 3.61. The van der Waals surface area contributed by atoms with Crippen LogP contribution in [-0.2, 0) is 6.42 Å². The fourth-order valence-corrected chi connectivity index (χ4v) is 2.76. The molecule has 2 aromatic rings. The van der Waals surface area contributed by atoms with E-state index in [2.05, 4.69) is 13.0 Å². The summed E-state index contributed by atoms with van der Waals surface area (Å²) in [6.07, 6.45) is 0.448. The third-order valence-electron chi connectivity index (χ3n) is 2.21. The van der Waals surface area contributed by atoms with E-state index in [0.29, 0.717) is 6.42 Å². The van der Waals surface area contributed by atoms with Gasteiger partial charge in [0, 0.05) is 4.70 Å². The van der Waals surface area contributed by atoms with Crippen LogP contribution in [0, 0.1) is 18.3 Å². The van der Waals surface area contributed by atoms with E-state index in [9.17, 15) is 0 Å². The first-order valence-electron chi connectivity index (χ1n) is 4.27. The molecule has 0 bridgehead atoms. The number of thiophene rings is 1. The maximum Gasteiger partial charge on any atom is 0.0941 e. The highest BCUT2D eigenvalue weighted by Gasteiger charge is 2.06. The number of hydrogen-bond donors (Lipinski definition) is 0. The van der Waals surface area contributed by atoms with Crippen molar-refractivity contribution in [3.8, 4) is 6.07 Å². The summed E-state index contributed by atoms with van der Waals surface area (Å²) in [4.78, 5) is 0. The molecule has 0 atom stereocenters. The van der Waals surface area contributed by atoms with E-state index in [4.69, 9.17) is 16.9 Å². The zero-order chi connectivity index (χ0) is 10.1. The lowest BCUT2D eigenvalue weighted by atomic mass is 10.1. The molecule has 1 nitrogen and oxygen atoms in total. The predicted molar refractivity (Wildman–Crippen MR) is 60.9 cm³/mol. The van der Waals surface area contributed by atoms with Crippen LogP contribution in [0.5, 0.6) is 0 Å². The van der Waals surface area contributed by atoms with Crippen molar-refractivity contribution in [2.45, 2.75) is 13.3 Å². The summed E-state index contributed by atoms with van der Waals surface area (Å²) < 4.78 is 1.98. The maximum absolute atomic E-state index is 8.68. The Morgan fingerprint density at radius 1 is 1.50 bits per heavy atom. The molecule has 0 saturated carbocycles. The van der Waals surface area contributed by atoms with Crippen LogP contribution < -0.4 is 0 Å². The molecule has 0 aliphatic heterocycles. The summed E-state index contributed by atoms with van der Waals surface area (Å²) in [5.41, 5.74) is 2.29. The van der Waals surface area contributed by atoms with Gasteiger partial charge in [-0.15, -0.1) is 11.3 Å². The molecule has 0 amide bonds. The van der Waals surface area contributed by atoms with Gasteiger partial charge in [-0.3, -0.25) is 0 Å². The third kappa shape index (κ3) is 1.50. The second-order valence-electron chi connectivity index (χ2n) is 3.17. The van der Waals surface area contributed by atoms with Gasteiger partial charge in [-0.1, -0.05) is 23.7 Å². The molecule has 70 valence electrons. The van der Waals surface area contributed by atoms with Crippen LogP contribution in [0.3, 0.4) is 0 Å². The Labute approximate surface area is 91.5 Å². The average Bonchev–Trinajstić information content (AvgIpc) is 2.53. The Morgan fingerprint density at radius 3 is 3.00 bits per heavy atom. The molecule has 0 unspecified atom stereocenters. The smallest absolute Gasteiger partial charge is 0.0941 e. The first kappa shape index (κ1) is 9.51. The average molecular weight is 222 g/mol. The van der Waals surface area contributed by atoms with Crippen LogP contribution in [-0.4, -0.2) is 0 Å². The first-order chi connectivity index (χ1) is 6.72. The molecule has 0 fully saturated rings. The number of aryl methyl sites for hydroxylation is 1. The van der Waals surface area contributed by atoms with Gasteiger partial charge in [0.2, 0.25) is 0 Å². The van der Waals surface area contributed by atoms with Gasteiger partial charge in [0.25, 0.3) is 0 Å². The maximum atomic E-state index is 8.68. The lowest BCUT2D eigenvalue weighted by molar-refractivity contribution is 1.28. The van der Waals surface area contributed by atoms with Crippen LogP contribution in [0.25, 0.3) is 10.1 Å². The van der Waals surface area contributed by atoms with Crippen LogP contribution in [0.4, 0.5) is 0 Å². The second kappa shape index (κ2) is 3.61. The minimum absolute atomic E-state index is 0.448. The molecule has 0 radical (unpaired) electrons. The molecule has 1 aromatic carbocycles. The van der Waals surface area contributed by atoms with Gasteiger partial charge < -0.3 is 0 Å². The van der Waals surface area contributed by atoms with Crippen molar-refractivity contribution in [2.24, 2.45) is 0 Å². The Balaban J connectivity index is 2.75. The van der Waals surface area contributed by atoms with Gasteiger partial charge >= 0.3 is 0 Å². The fraction of sp³-hybridized carbons (Fsp3) is 0.182. The standard InChI is InChI=1S/C11H8ClNS/c1-7-2-3-8(4-5-13)9-6-10(12)14-11(7)9/h2-3,6H,4H2,1H3. The molecular weight excluding hydrogens is 214 g/mol. The van der Waals surface area contributed by atoms with Crippen molar-refractivity contribution in [3.63, 3.8) is 0 Å². The summed E-state index contributed by atoms with van der Waals surface area (Å²) in [5, 5.41) is 9.80. The summed E-state index contributed by atoms with van der Waals surface area (Å²) >= 11 is 7.54. The molecule has 0 N–H and O–H groups in total. The summed E-state index contributed by atoms with van der Waals surface area (Å²) in [6.45, 7) is 2.06. The highest BCUT2D eigenvalue weighted by Crippen LogP contribution is 2.34. The Hall–Kier alpha value is -1.04. The van der Waals surface area contributed by atoms with Crippen molar-refractivity contribution < 1.29 is 0 Å². The van der Waals surface area contributed by atoms with Crippen LogP contribution in [0.1, 0.15) is 11.1 Å². The Bertz CT molecular complexity index is 522. The predicted octanol–water partition coefficient (Wildman–Crippen LogP) is 3.93. The van der Waals surface area contributed by atoms with E-state index >= 15 is 0 Å². The monoisotopic (exact) mass is 221 g/mol. The molecule has 14 heavy (non-hydrogen) atoms. The summed E-state index contributed by atoms with van der Waals surface area (Å²) in [6, 6.07) is 8.16. The highest BCUT2D eigenvalue weighted by atomic mass is 35.5. The van der Waals surface area contributed by atoms with Crippen molar-refractivity contribution >= 4 is 33.0 Å². The first-order valence-corrected chi connectivity index (χ1v) is 5.46. The Kier molecular flexibility index (Phi) is 2.45. The van der Waals surface area contributed by atoms with Gasteiger partial charge in [-0.05, 0) is 29.5 Å². The quantitative estimate of drug-likeness (QED) is 0.716. The molecule has 1 aromatic heterocycles. The zero-order valence-corrected chi connectivity index (χ0v) is 9.25. The number of hydrogen-bond acceptors (Lipinski definition) is 2. The Morgan fingerprint density at radius 2 is 2.29 bits per heavy atom. The van der Waals surface area contributed by atoms with Gasteiger partial charge in [0.1, 0.15) is 0 Å². The zero-order valence-electron chi connectivity index (χ0n) is 7.67. The number of nitriles is 1. The van der Waals surface area contributed by atoms with Crippen molar-refractivity contribution in [1.82, 2.24) is 0 Å². The number of nitrogens with zero attached hydrogens (tertiary/aromatic N) is 1. The van der Waals surface area contributed by atoms with E-state index in [-0.39, 0.29) is 0 Å². The number of halogens is 1. The number of fused-ring (bicyclic) bond motifs is 1. The van der Waals surface area contributed by atoms with Gasteiger partial charge in [-0.2, -0.15) is 5.26 Å². The van der Waals surface area contributed by atoms with Crippen LogP contribution >= 0.6 is 22.9 Å². The van der Waals surface area contributed by atoms with Crippen LogP contribution in [0.2, 0.25) is 4.34 Å². The van der Waals surface area contributed by atoms with Crippen LogP contribution in [0.15, 0.2) is 18.2 Å². The largest absolute Gasteiger partial charge is 0.198 e. The molecule has 0 spiro atoms. The van der Waals surface area contributed by atoms with E-state index in [1.807, 2.05) is 18.2 Å². The van der Waals surface area contributed by atoms with Gasteiger partial charge in [0.15, 0.2) is 0 Å². The molecule has 0 aliphatic rings. The lowest BCUT2D eigenvalue weighted by Crippen LogP contribution is -1.83. The second-order valence-corrected chi connectivity index (χ2v) is 4.85. The normalized spacial score (nSPS) is 10.4. The minimum atomic E-state index is 0.448. The van der Waals surface area contributed by atoms with E-state index in [1.165, 1.54) is 10.3 Å². The summed E-state index contributed by atoms with van der Waals surface area (Å²) in [7, 11) is 0. The fourth-order valence-electron chi connectivity index (χ4n) is 1.52. The van der Waals surface area contributed by atoms with Crippen molar-refractivity contribution in [3.05, 3.63) is 33.7 Å². The minimum Gasteiger partial charge on any atom is -0.198 e. The molecule has 0 saturated heterocycles. The van der Waals surface area contributed by atoms with Crippen molar-refractivity contribution in [2.75, 3.05) is 0 Å². The van der Waals surface area contributed by atoms with E-state index < -0.39 is 0 Å². The number of benzene rings is 1. The molecule has 3 heteroatoms. The molecule has 1 heterocycles. The number of rotatable bonds is 1. The lowest BCUT2D eigenvalue weighted by Gasteiger charge is -1.99. The van der Waals surface area contributed by atoms with E-state index in [1.54, 1.807) is 11.3 Å². The van der Waals surface area contributed by atoms with E-state index in [0.717, 1.165) is 15.3 Å². The molecule has 2 rings (SSSR count). The highest BCUT2D eigenvalue weighted by molar-refractivity contribution is 7.22. The van der Waals surface area contributed by atoms with Gasteiger partial charge in [-0.25, -0.2) is 0 Å². The topological polar surface area (TPSA) is 23.8 Å². The SMILES string of the molecule is Cc1ccc(CC#N)c2cc(Cl)sc12. The molecular formula is C11H8ClNS. The van der Waals surface area contributed by atoms with Crippen molar-refractivity contribution in [1.29, 1.82) is 5.26 Å².